The van der Waals surface area contributed by atoms with E-state index in [1.54, 1.807) is 19.1 Å². The number of rotatable bonds is 3. The third-order valence-electron chi connectivity index (χ3n) is 2.16. The van der Waals surface area contributed by atoms with Crippen molar-refractivity contribution in [1.29, 1.82) is 0 Å². The van der Waals surface area contributed by atoms with Crippen molar-refractivity contribution in [3.63, 3.8) is 0 Å². The van der Waals surface area contributed by atoms with Crippen LogP contribution in [0.5, 0.6) is 0 Å². The maximum Gasteiger partial charge on any atom is 0.126 e. The van der Waals surface area contributed by atoms with E-state index in [0.29, 0.717) is 12.0 Å². The van der Waals surface area contributed by atoms with Crippen LogP contribution in [0.1, 0.15) is 30.6 Å². The highest BCUT2D eigenvalue weighted by Gasteiger charge is 2.10. The van der Waals surface area contributed by atoms with Crippen molar-refractivity contribution in [3.05, 3.63) is 35.1 Å². The molecule has 2 atom stereocenters. The van der Waals surface area contributed by atoms with Gasteiger partial charge in [0.2, 0.25) is 0 Å². The Morgan fingerprint density at radius 2 is 2.14 bits per heavy atom. The van der Waals surface area contributed by atoms with Crippen LogP contribution in [0, 0.1) is 12.7 Å². The molecule has 0 aliphatic heterocycles. The van der Waals surface area contributed by atoms with Crippen LogP contribution in [0.15, 0.2) is 18.2 Å². The van der Waals surface area contributed by atoms with E-state index >= 15 is 0 Å². The van der Waals surface area contributed by atoms with Crippen LogP contribution in [0.25, 0.3) is 0 Å². The average Bonchev–Trinajstić information content (AvgIpc) is 2.08. The number of hydrogen-bond acceptors (Lipinski definition) is 2. The van der Waals surface area contributed by atoms with Gasteiger partial charge < -0.3 is 10.8 Å². The molecule has 1 rings (SSSR count). The molecule has 0 heterocycles. The molecule has 0 aliphatic rings. The first-order valence-corrected chi connectivity index (χ1v) is 4.70. The molecule has 0 spiro atoms. The van der Waals surface area contributed by atoms with Gasteiger partial charge in [0, 0.05) is 6.04 Å². The van der Waals surface area contributed by atoms with Gasteiger partial charge in [-0.05, 0) is 37.5 Å². The summed E-state index contributed by atoms with van der Waals surface area (Å²) in [6.07, 6.45) is -0.111. The Bertz CT molecular complexity index is 312. The summed E-state index contributed by atoms with van der Waals surface area (Å²) < 4.78 is 12.9. The van der Waals surface area contributed by atoms with Crippen molar-refractivity contribution < 1.29 is 9.50 Å². The van der Waals surface area contributed by atoms with Crippen molar-refractivity contribution in [2.24, 2.45) is 5.73 Å². The van der Waals surface area contributed by atoms with Gasteiger partial charge in [0.15, 0.2) is 0 Å². The molecule has 1 aromatic carbocycles. The zero-order valence-electron chi connectivity index (χ0n) is 8.50. The summed E-state index contributed by atoms with van der Waals surface area (Å²) >= 11 is 0. The number of hydrogen-bond donors (Lipinski definition) is 2. The van der Waals surface area contributed by atoms with Crippen LogP contribution >= 0.6 is 0 Å². The van der Waals surface area contributed by atoms with Crippen LogP contribution in [0.4, 0.5) is 4.39 Å². The van der Waals surface area contributed by atoms with Crippen molar-refractivity contribution in [2.45, 2.75) is 32.4 Å². The molecule has 14 heavy (non-hydrogen) atoms. The SMILES string of the molecule is Cc1cc(C(O)CC(C)N)ccc1F. The quantitative estimate of drug-likeness (QED) is 0.777. The molecule has 0 amide bonds. The molecule has 0 radical (unpaired) electrons. The molecule has 78 valence electrons. The van der Waals surface area contributed by atoms with Gasteiger partial charge in [-0.1, -0.05) is 12.1 Å². The van der Waals surface area contributed by atoms with Crippen LogP contribution in [0.2, 0.25) is 0 Å². The Labute approximate surface area is 83.6 Å². The van der Waals surface area contributed by atoms with Crippen molar-refractivity contribution >= 4 is 0 Å². The molecule has 3 N–H and O–H groups in total. The molecular formula is C11H16FNO. The summed E-state index contributed by atoms with van der Waals surface area (Å²) in [7, 11) is 0. The average molecular weight is 197 g/mol. The van der Waals surface area contributed by atoms with Crippen LogP contribution in [-0.4, -0.2) is 11.1 Å². The predicted molar refractivity (Wildman–Crippen MR) is 54.4 cm³/mol. The fourth-order valence-electron chi connectivity index (χ4n) is 1.36. The summed E-state index contributed by atoms with van der Waals surface area (Å²) in [6, 6.07) is 4.56. The van der Waals surface area contributed by atoms with E-state index in [4.69, 9.17) is 5.73 Å². The van der Waals surface area contributed by atoms with Gasteiger partial charge in [-0.25, -0.2) is 4.39 Å². The molecule has 0 fully saturated rings. The third-order valence-corrected chi connectivity index (χ3v) is 2.16. The Kier molecular flexibility index (Phi) is 3.61. The molecule has 3 heteroatoms. The van der Waals surface area contributed by atoms with Gasteiger partial charge in [0.25, 0.3) is 0 Å². The van der Waals surface area contributed by atoms with Gasteiger partial charge in [0.1, 0.15) is 5.82 Å². The molecule has 0 saturated heterocycles. The van der Waals surface area contributed by atoms with E-state index in [1.807, 2.05) is 6.92 Å². The van der Waals surface area contributed by atoms with Gasteiger partial charge in [0.05, 0.1) is 6.10 Å². The fraction of sp³-hybridized carbons (Fsp3) is 0.455. The maximum atomic E-state index is 12.9. The normalized spacial score (nSPS) is 15.2. The molecular weight excluding hydrogens is 181 g/mol. The second-order valence-corrected chi connectivity index (χ2v) is 3.74. The number of benzene rings is 1. The standard InChI is InChI=1S/C11H16FNO/c1-7-5-9(3-4-10(7)12)11(14)6-8(2)13/h3-5,8,11,14H,6,13H2,1-2H3. The molecule has 0 aliphatic carbocycles. The van der Waals surface area contributed by atoms with Gasteiger partial charge in [-0.3, -0.25) is 0 Å². The Morgan fingerprint density at radius 1 is 1.50 bits per heavy atom. The minimum Gasteiger partial charge on any atom is -0.388 e. The molecule has 1 aromatic rings. The highest BCUT2D eigenvalue weighted by molar-refractivity contribution is 5.25. The summed E-state index contributed by atoms with van der Waals surface area (Å²) in [5.74, 6) is -0.248. The lowest BCUT2D eigenvalue weighted by Crippen LogP contribution is -2.18. The first-order chi connectivity index (χ1) is 6.50. The lowest BCUT2D eigenvalue weighted by Gasteiger charge is -2.13. The lowest BCUT2D eigenvalue weighted by molar-refractivity contribution is 0.160. The minimum atomic E-state index is -0.603. The van der Waals surface area contributed by atoms with Crippen molar-refractivity contribution in [1.82, 2.24) is 0 Å². The Morgan fingerprint density at radius 3 is 2.64 bits per heavy atom. The minimum absolute atomic E-state index is 0.0599. The number of aliphatic hydroxyl groups excluding tert-OH is 1. The smallest absolute Gasteiger partial charge is 0.126 e. The Balaban J connectivity index is 2.80. The fourth-order valence-corrected chi connectivity index (χ4v) is 1.36. The molecule has 2 nitrogen and oxygen atoms in total. The van der Waals surface area contributed by atoms with Crippen LogP contribution in [-0.2, 0) is 0 Å². The van der Waals surface area contributed by atoms with Crippen molar-refractivity contribution in [2.75, 3.05) is 0 Å². The second-order valence-electron chi connectivity index (χ2n) is 3.74. The number of aliphatic hydroxyl groups is 1. The van der Waals surface area contributed by atoms with Gasteiger partial charge in [-0.15, -0.1) is 0 Å². The first-order valence-electron chi connectivity index (χ1n) is 4.70. The van der Waals surface area contributed by atoms with Gasteiger partial charge >= 0.3 is 0 Å². The third kappa shape index (κ3) is 2.79. The molecule has 0 saturated carbocycles. The van der Waals surface area contributed by atoms with E-state index in [9.17, 15) is 9.50 Å². The molecule has 2 unspecified atom stereocenters. The summed E-state index contributed by atoms with van der Waals surface area (Å²) in [5.41, 5.74) is 6.84. The topological polar surface area (TPSA) is 46.2 Å². The van der Waals surface area contributed by atoms with E-state index < -0.39 is 6.10 Å². The van der Waals surface area contributed by atoms with Crippen molar-refractivity contribution in [3.8, 4) is 0 Å². The zero-order chi connectivity index (χ0) is 10.7. The number of halogens is 1. The summed E-state index contributed by atoms with van der Waals surface area (Å²) in [5, 5.41) is 9.70. The number of nitrogens with two attached hydrogens (primary N) is 1. The summed E-state index contributed by atoms with van der Waals surface area (Å²) in [6.45, 7) is 3.51. The van der Waals surface area contributed by atoms with E-state index in [1.165, 1.54) is 6.07 Å². The molecule has 0 bridgehead atoms. The predicted octanol–water partition coefficient (Wildman–Crippen LogP) is 1.90. The Hall–Kier alpha value is -0.930. The van der Waals surface area contributed by atoms with E-state index in [2.05, 4.69) is 0 Å². The molecule has 0 aromatic heterocycles. The second kappa shape index (κ2) is 4.53. The van der Waals surface area contributed by atoms with E-state index in [-0.39, 0.29) is 11.9 Å². The van der Waals surface area contributed by atoms with Crippen LogP contribution in [0.3, 0.4) is 0 Å². The van der Waals surface area contributed by atoms with Gasteiger partial charge in [-0.2, -0.15) is 0 Å². The first kappa shape index (κ1) is 11.1. The highest BCUT2D eigenvalue weighted by Crippen LogP contribution is 2.20. The highest BCUT2D eigenvalue weighted by atomic mass is 19.1. The lowest BCUT2D eigenvalue weighted by atomic mass is 10.0. The summed E-state index contributed by atoms with van der Waals surface area (Å²) in [4.78, 5) is 0. The number of aryl methyl sites for hydroxylation is 1. The maximum absolute atomic E-state index is 12.9. The van der Waals surface area contributed by atoms with Crippen LogP contribution < -0.4 is 5.73 Å². The zero-order valence-corrected chi connectivity index (χ0v) is 8.50. The largest absolute Gasteiger partial charge is 0.388 e. The van der Waals surface area contributed by atoms with E-state index in [0.717, 1.165) is 5.56 Å². The monoisotopic (exact) mass is 197 g/mol.